The van der Waals surface area contributed by atoms with Crippen LogP contribution in [-0.2, 0) is 4.57 Å². The van der Waals surface area contributed by atoms with Crippen LogP contribution < -0.4 is 0 Å². The van der Waals surface area contributed by atoms with E-state index in [0.717, 1.165) is 0 Å². The Labute approximate surface area is 75.3 Å². The van der Waals surface area contributed by atoms with Crippen LogP contribution in [0.2, 0.25) is 0 Å². The first-order chi connectivity index (χ1) is 4.00. The third-order valence-electron chi connectivity index (χ3n) is 0.667. The van der Waals surface area contributed by atoms with Crippen molar-refractivity contribution in [1.82, 2.24) is 0 Å². The highest BCUT2D eigenvalue weighted by Crippen LogP contribution is 1.79. The molecule has 0 heterocycles. The number of rotatable bonds is 0. The molecule has 1 atom stereocenters. The molecule has 1 aromatic rings. The molecule has 1 aromatic carbocycles. The predicted octanol–water partition coefficient (Wildman–Crippen LogP) is 2.74. The van der Waals surface area contributed by atoms with E-state index >= 15 is 0 Å². The molecule has 0 bridgehead atoms. The molecule has 0 aromatic heterocycles. The van der Waals surface area contributed by atoms with Gasteiger partial charge in [0.05, 0.1) is 0 Å². The van der Waals surface area contributed by atoms with Gasteiger partial charge in [0.2, 0.25) is 0 Å². The van der Waals surface area contributed by atoms with Gasteiger partial charge in [0.1, 0.15) is 0 Å². The Morgan fingerprint density at radius 1 is 0.600 bits per heavy atom. The second-order valence-electron chi connectivity index (χ2n) is 1.15. The van der Waals surface area contributed by atoms with E-state index in [1.54, 1.807) is 0 Å². The summed E-state index contributed by atoms with van der Waals surface area (Å²) in [5.41, 5.74) is 0. The van der Waals surface area contributed by atoms with Crippen LogP contribution in [0.5, 0.6) is 0 Å². The van der Waals surface area contributed by atoms with Crippen molar-refractivity contribution in [3.05, 3.63) is 36.4 Å². The molecule has 0 saturated carbocycles. The highest BCUT2D eigenvalue weighted by atomic mass is 35.5. The molecule has 4 heteroatoms. The van der Waals surface area contributed by atoms with Gasteiger partial charge in [-0.3, -0.25) is 0 Å². The molecule has 0 saturated heterocycles. The summed E-state index contributed by atoms with van der Waals surface area (Å²) < 4.78 is 8.17. The molecule has 0 aliphatic heterocycles. The largest absolute Gasteiger partial charge is 0.310 e. The minimum Gasteiger partial charge on any atom is -0.147 e. The van der Waals surface area contributed by atoms with Crippen molar-refractivity contribution in [1.29, 1.82) is 0 Å². The molecule has 0 aliphatic rings. The summed E-state index contributed by atoms with van der Waals surface area (Å²) in [4.78, 5) is 0. The Bertz CT molecular complexity index is 98.6. The van der Waals surface area contributed by atoms with E-state index in [-0.39, 0.29) is 24.8 Å². The van der Waals surface area contributed by atoms with E-state index in [4.69, 9.17) is 4.57 Å². The Kier molecular flexibility index (Phi) is 26.3. The molecule has 1 unspecified atom stereocenters. The standard InChI is InChI=1S/C6H6.2ClH.H2OP/c1-2-4-6-5-3-1;;;1-2/h1-6H;2*1H;2H2/q;;;+1. The lowest BCUT2D eigenvalue weighted by atomic mass is 10.4. The highest BCUT2D eigenvalue weighted by Gasteiger charge is 1.57. The first-order valence-electron chi connectivity index (χ1n) is 2.24. The van der Waals surface area contributed by atoms with Crippen LogP contribution in [0, 0.1) is 0 Å². The summed E-state index contributed by atoms with van der Waals surface area (Å²) >= 11 is 0. The quantitative estimate of drug-likeness (QED) is 0.588. The van der Waals surface area contributed by atoms with Crippen LogP contribution in [-0.4, -0.2) is 0 Å². The van der Waals surface area contributed by atoms with Gasteiger partial charge in [-0.2, -0.15) is 0 Å². The smallest absolute Gasteiger partial charge is 0.147 e. The summed E-state index contributed by atoms with van der Waals surface area (Å²) in [5, 5.41) is 0. The molecular formula is C6H10Cl2OP+. The third-order valence-corrected chi connectivity index (χ3v) is 0.667. The Morgan fingerprint density at radius 2 is 0.700 bits per heavy atom. The maximum atomic E-state index is 8.17. The molecule has 0 radical (unpaired) electrons. The zero-order chi connectivity index (χ0) is 6.24. The van der Waals surface area contributed by atoms with Crippen LogP contribution in [0.25, 0.3) is 0 Å². The lowest BCUT2D eigenvalue weighted by Gasteiger charge is -1.69. The van der Waals surface area contributed by atoms with Gasteiger partial charge in [-0.25, -0.2) is 0 Å². The Morgan fingerprint density at radius 3 is 0.800 bits per heavy atom. The van der Waals surface area contributed by atoms with Gasteiger partial charge in [-0.1, -0.05) is 41.0 Å². The lowest BCUT2D eigenvalue weighted by Crippen LogP contribution is -1.47. The van der Waals surface area contributed by atoms with Crippen LogP contribution in [0.1, 0.15) is 0 Å². The van der Waals surface area contributed by atoms with E-state index < -0.39 is 0 Å². The van der Waals surface area contributed by atoms with Crippen molar-refractivity contribution in [2.45, 2.75) is 0 Å². The van der Waals surface area contributed by atoms with E-state index in [1.165, 1.54) is 9.12 Å². The molecule has 1 nitrogen and oxygen atoms in total. The molecule has 0 fully saturated rings. The van der Waals surface area contributed by atoms with Gasteiger partial charge in [0, 0.05) is 0 Å². The van der Waals surface area contributed by atoms with Crippen LogP contribution in [0.15, 0.2) is 36.4 Å². The fraction of sp³-hybridized carbons (Fsp3) is 0. The van der Waals surface area contributed by atoms with Gasteiger partial charge >= 0.3 is 9.12 Å². The highest BCUT2D eigenvalue weighted by molar-refractivity contribution is 7.00. The fourth-order valence-electron chi connectivity index (χ4n) is 0.385. The normalized spacial score (nSPS) is 5.20. The zero-order valence-electron chi connectivity index (χ0n) is 5.27. The summed E-state index contributed by atoms with van der Waals surface area (Å²) in [6, 6.07) is 12.0. The van der Waals surface area contributed by atoms with Crippen molar-refractivity contribution in [2.24, 2.45) is 0 Å². The van der Waals surface area contributed by atoms with Crippen LogP contribution in [0.4, 0.5) is 0 Å². The van der Waals surface area contributed by atoms with Crippen molar-refractivity contribution in [2.75, 3.05) is 0 Å². The molecule has 1 rings (SSSR count). The molecule has 0 aliphatic carbocycles. The maximum Gasteiger partial charge on any atom is 0.310 e. The second kappa shape index (κ2) is 16.0. The second-order valence-corrected chi connectivity index (χ2v) is 1.15. The number of hydrogen-bond donors (Lipinski definition) is 0. The van der Waals surface area contributed by atoms with Crippen LogP contribution in [0.3, 0.4) is 0 Å². The predicted molar refractivity (Wildman–Crippen MR) is 51.3 cm³/mol. The van der Waals surface area contributed by atoms with Crippen LogP contribution >= 0.6 is 33.9 Å². The topological polar surface area (TPSA) is 17.1 Å². The SMILES string of the molecule is Cl.Cl.O=[PH2+].c1ccccc1. The summed E-state index contributed by atoms with van der Waals surface area (Å²) in [6.45, 7) is 0. The summed E-state index contributed by atoms with van der Waals surface area (Å²) in [6.07, 6.45) is 0. The summed E-state index contributed by atoms with van der Waals surface area (Å²) in [5.74, 6) is 0. The van der Waals surface area contributed by atoms with E-state index in [1.807, 2.05) is 36.4 Å². The van der Waals surface area contributed by atoms with E-state index in [9.17, 15) is 0 Å². The number of benzene rings is 1. The Hall–Kier alpha value is -0.100. The molecule has 58 valence electrons. The van der Waals surface area contributed by atoms with Crippen molar-refractivity contribution < 1.29 is 4.57 Å². The minimum atomic E-state index is 0. The number of hydrogen-bond acceptors (Lipinski definition) is 1. The first kappa shape index (κ1) is 16.5. The van der Waals surface area contributed by atoms with Gasteiger partial charge in [0.25, 0.3) is 0 Å². The molecule has 0 N–H and O–H groups in total. The van der Waals surface area contributed by atoms with Gasteiger partial charge in [-0.05, 0) is 0 Å². The summed E-state index contributed by atoms with van der Waals surface area (Å²) in [7, 11) is 1.17. The number of halogens is 2. The monoisotopic (exact) mass is 199 g/mol. The molecule has 10 heavy (non-hydrogen) atoms. The van der Waals surface area contributed by atoms with E-state index in [2.05, 4.69) is 0 Å². The molecular weight excluding hydrogens is 190 g/mol. The van der Waals surface area contributed by atoms with E-state index in [0.29, 0.717) is 0 Å². The average molecular weight is 200 g/mol. The molecule has 0 spiro atoms. The molecule has 0 amide bonds. The lowest BCUT2D eigenvalue weighted by molar-refractivity contribution is 0.607. The maximum absolute atomic E-state index is 8.17. The average Bonchev–Trinajstić information content (AvgIpc) is 1.96. The Balaban J connectivity index is -0.000000114. The van der Waals surface area contributed by atoms with Gasteiger partial charge in [-0.15, -0.1) is 24.8 Å². The zero-order valence-corrected chi connectivity index (χ0v) is 8.05. The first-order valence-corrected chi connectivity index (χ1v) is 2.71. The van der Waals surface area contributed by atoms with Crippen molar-refractivity contribution >= 4 is 33.9 Å². The third kappa shape index (κ3) is 10.8. The minimum absolute atomic E-state index is 0. The van der Waals surface area contributed by atoms with Crippen molar-refractivity contribution in [3.63, 3.8) is 0 Å². The fourth-order valence-corrected chi connectivity index (χ4v) is 0.385. The van der Waals surface area contributed by atoms with Crippen molar-refractivity contribution in [3.8, 4) is 0 Å². The van der Waals surface area contributed by atoms with Gasteiger partial charge in [0.15, 0.2) is 0 Å². The van der Waals surface area contributed by atoms with Gasteiger partial charge < -0.3 is 0 Å².